The van der Waals surface area contributed by atoms with Gasteiger partial charge in [-0.2, -0.15) is 0 Å². The number of nitrogens with one attached hydrogen (secondary N) is 1. The van der Waals surface area contributed by atoms with E-state index in [2.05, 4.69) is 9.94 Å². The lowest BCUT2D eigenvalue weighted by molar-refractivity contribution is -0.170. The van der Waals surface area contributed by atoms with E-state index in [-0.39, 0.29) is 0 Å². The summed E-state index contributed by atoms with van der Waals surface area (Å²) in [5.74, 6) is -1.21. The van der Waals surface area contributed by atoms with Crippen molar-refractivity contribution in [1.82, 2.24) is 5.17 Å². The SMILES string of the molecule is CC(=O)ON(/N=C/c1c(Cl)cccc1Cl)C(=N)N. The maximum Gasteiger partial charge on any atom is 0.332 e. The number of carbonyl (C=O) groups excluding carboxylic acids is 1. The lowest BCUT2D eigenvalue weighted by atomic mass is 10.2. The van der Waals surface area contributed by atoms with Crippen molar-refractivity contribution in [2.24, 2.45) is 10.8 Å². The van der Waals surface area contributed by atoms with Gasteiger partial charge >= 0.3 is 5.97 Å². The highest BCUT2D eigenvalue weighted by Crippen LogP contribution is 2.22. The predicted molar refractivity (Wildman–Crippen MR) is 69.6 cm³/mol. The molecule has 96 valence electrons. The van der Waals surface area contributed by atoms with E-state index in [1.54, 1.807) is 18.2 Å². The van der Waals surface area contributed by atoms with Gasteiger partial charge in [-0.25, -0.2) is 4.79 Å². The molecule has 0 atom stereocenters. The number of benzene rings is 1. The van der Waals surface area contributed by atoms with Crippen molar-refractivity contribution >= 4 is 41.3 Å². The molecule has 1 rings (SSSR count). The molecule has 0 radical (unpaired) electrons. The van der Waals surface area contributed by atoms with E-state index in [4.69, 9.17) is 34.3 Å². The lowest BCUT2D eigenvalue weighted by Gasteiger charge is -2.13. The molecule has 0 aliphatic carbocycles. The standard InChI is InChI=1S/C10H10Cl2N4O2/c1-6(17)18-16(10(13)14)15-5-7-8(11)3-2-4-9(7)12/h2-5H,1H3,(H3,13,14)/b15-5+. The number of guanidine groups is 1. The first kappa shape index (κ1) is 14.3. The predicted octanol–water partition coefficient (Wildman–Crippen LogP) is 2.00. The van der Waals surface area contributed by atoms with Crippen LogP contribution in [0.2, 0.25) is 10.0 Å². The smallest absolute Gasteiger partial charge is 0.332 e. The Morgan fingerprint density at radius 1 is 1.50 bits per heavy atom. The number of carbonyl (C=O) groups is 1. The molecule has 0 amide bonds. The van der Waals surface area contributed by atoms with Crippen LogP contribution in [0.4, 0.5) is 0 Å². The summed E-state index contributed by atoms with van der Waals surface area (Å²) >= 11 is 11.8. The van der Waals surface area contributed by atoms with E-state index in [9.17, 15) is 4.79 Å². The fraction of sp³-hybridized carbons (Fsp3) is 0.100. The molecule has 0 spiro atoms. The summed E-state index contributed by atoms with van der Waals surface area (Å²) in [6, 6.07) is 4.92. The van der Waals surface area contributed by atoms with Crippen molar-refractivity contribution in [2.75, 3.05) is 0 Å². The van der Waals surface area contributed by atoms with Crippen molar-refractivity contribution < 1.29 is 9.63 Å². The first-order chi connectivity index (χ1) is 8.41. The summed E-state index contributed by atoms with van der Waals surface area (Å²) in [7, 11) is 0. The number of nitrogens with zero attached hydrogens (tertiary/aromatic N) is 2. The Kier molecular flexibility index (Phi) is 4.94. The van der Waals surface area contributed by atoms with Gasteiger partial charge in [-0.05, 0) is 12.1 Å². The van der Waals surface area contributed by atoms with Gasteiger partial charge in [0.05, 0.1) is 16.3 Å². The van der Waals surface area contributed by atoms with Gasteiger partial charge in [0.2, 0.25) is 5.96 Å². The third-order valence-electron chi connectivity index (χ3n) is 1.71. The van der Waals surface area contributed by atoms with E-state index in [1.807, 2.05) is 0 Å². The second kappa shape index (κ2) is 6.23. The molecule has 0 aliphatic heterocycles. The number of hydrazone groups is 1. The van der Waals surface area contributed by atoms with Crippen LogP contribution in [0.3, 0.4) is 0 Å². The Morgan fingerprint density at radius 2 is 2.06 bits per heavy atom. The van der Waals surface area contributed by atoms with Crippen LogP contribution in [-0.4, -0.2) is 23.3 Å². The molecule has 1 aromatic rings. The minimum Gasteiger partial charge on any atom is -0.366 e. The zero-order chi connectivity index (χ0) is 13.7. The van der Waals surface area contributed by atoms with Gasteiger partial charge in [-0.3, -0.25) is 5.41 Å². The van der Waals surface area contributed by atoms with Gasteiger partial charge in [-0.1, -0.05) is 34.4 Å². The summed E-state index contributed by atoms with van der Waals surface area (Å²) in [5.41, 5.74) is 5.61. The van der Waals surface area contributed by atoms with E-state index in [0.29, 0.717) is 20.8 Å². The molecule has 8 heteroatoms. The average molecular weight is 289 g/mol. The maximum absolute atomic E-state index is 10.8. The van der Waals surface area contributed by atoms with Gasteiger partial charge in [-0.15, -0.1) is 5.10 Å². The Balaban J connectivity index is 2.96. The normalized spacial score (nSPS) is 10.4. The van der Waals surface area contributed by atoms with Crippen LogP contribution in [0.15, 0.2) is 23.3 Å². The van der Waals surface area contributed by atoms with Crippen molar-refractivity contribution in [3.05, 3.63) is 33.8 Å². The first-order valence-corrected chi connectivity index (χ1v) is 5.48. The van der Waals surface area contributed by atoms with Crippen LogP contribution in [0, 0.1) is 5.41 Å². The van der Waals surface area contributed by atoms with Crippen LogP contribution in [0.25, 0.3) is 0 Å². The van der Waals surface area contributed by atoms with Gasteiger partial charge in [0.15, 0.2) is 0 Å². The Hall–Kier alpha value is -1.79. The number of halogens is 2. The largest absolute Gasteiger partial charge is 0.366 e. The third-order valence-corrected chi connectivity index (χ3v) is 2.37. The van der Waals surface area contributed by atoms with E-state index in [0.717, 1.165) is 6.92 Å². The summed E-state index contributed by atoms with van der Waals surface area (Å²) in [6.07, 6.45) is 1.25. The molecule has 0 bridgehead atoms. The molecule has 6 nitrogen and oxygen atoms in total. The highest BCUT2D eigenvalue weighted by atomic mass is 35.5. The first-order valence-electron chi connectivity index (χ1n) is 4.72. The van der Waals surface area contributed by atoms with Gasteiger partial charge in [0, 0.05) is 12.5 Å². The van der Waals surface area contributed by atoms with Crippen LogP contribution in [-0.2, 0) is 9.63 Å². The highest BCUT2D eigenvalue weighted by molar-refractivity contribution is 6.38. The molecule has 0 saturated carbocycles. The van der Waals surface area contributed by atoms with Crippen molar-refractivity contribution in [2.45, 2.75) is 6.92 Å². The summed E-state index contributed by atoms with van der Waals surface area (Å²) in [5, 5.41) is 12.2. The maximum atomic E-state index is 10.8. The molecule has 0 aromatic heterocycles. The Morgan fingerprint density at radius 3 is 2.50 bits per heavy atom. The number of rotatable bonds is 2. The average Bonchev–Trinajstić information content (AvgIpc) is 2.26. The Bertz CT molecular complexity index is 484. The quantitative estimate of drug-likeness (QED) is 0.495. The fourth-order valence-corrected chi connectivity index (χ4v) is 1.50. The molecule has 0 unspecified atom stereocenters. The van der Waals surface area contributed by atoms with E-state index >= 15 is 0 Å². The van der Waals surface area contributed by atoms with Gasteiger partial charge < -0.3 is 10.6 Å². The topological polar surface area (TPSA) is 91.8 Å². The number of hydrogen-bond donors (Lipinski definition) is 2. The second-order valence-electron chi connectivity index (χ2n) is 3.12. The molecule has 0 fully saturated rings. The van der Waals surface area contributed by atoms with Crippen LogP contribution in [0.5, 0.6) is 0 Å². The van der Waals surface area contributed by atoms with Crippen molar-refractivity contribution in [3.8, 4) is 0 Å². The molecule has 1 aromatic carbocycles. The van der Waals surface area contributed by atoms with E-state index < -0.39 is 11.9 Å². The summed E-state index contributed by atoms with van der Waals surface area (Å²) < 4.78 is 0. The number of hydroxylamine groups is 1. The monoisotopic (exact) mass is 288 g/mol. The van der Waals surface area contributed by atoms with Gasteiger partial charge in [0.1, 0.15) is 0 Å². The van der Waals surface area contributed by atoms with Crippen LogP contribution >= 0.6 is 23.2 Å². The fourth-order valence-electron chi connectivity index (χ4n) is 1.00. The zero-order valence-corrected chi connectivity index (χ0v) is 10.9. The summed E-state index contributed by atoms with van der Waals surface area (Å²) in [4.78, 5) is 15.3. The lowest BCUT2D eigenvalue weighted by Crippen LogP contribution is -2.33. The number of nitrogens with two attached hydrogens (primary N) is 1. The highest BCUT2D eigenvalue weighted by Gasteiger charge is 2.09. The minimum absolute atomic E-state index is 0.373. The molecule has 0 aliphatic rings. The number of hydrogen-bond acceptors (Lipinski definition) is 4. The molecule has 18 heavy (non-hydrogen) atoms. The van der Waals surface area contributed by atoms with Crippen LogP contribution < -0.4 is 5.73 Å². The van der Waals surface area contributed by atoms with Crippen molar-refractivity contribution in [1.29, 1.82) is 5.41 Å². The Labute approximate surface area is 113 Å². The third kappa shape index (κ3) is 3.90. The minimum atomic E-state index is -0.660. The van der Waals surface area contributed by atoms with Crippen LogP contribution in [0.1, 0.15) is 12.5 Å². The summed E-state index contributed by atoms with van der Waals surface area (Å²) in [6.45, 7) is 1.16. The van der Waals surface area contributed by atoms with Gasteiger partial charge in [0.25, 0.3) is 0 Å². The molecular weight excluding hydrogens is 279 g/mol. The van der Waals surface area contributed by atoms with E-state index in [1.165, 1.54) is 6.21 Å². The molecule has 0 saturated heterocycles. The molecule has 0 heterocycles. The molecule has 3 N–H and O–H groups in total. The molecular formula is C10H10Cl2N4O2. The van der Waals surface area contributed by atoms with Crippen molar-refractivity contribution in [3.63, 3.8) is 0 Å². The second-order valence-corrected chi connectivity index (χ2v) is 3.94. The zero-order valence-electron chi connectivity index (χ0n) is 9.35.